The highest BCUT2D eigenvalue weighted by Gasteiger charge is 2.62. The van der Waals surface area contributed by atoms with Crippen molar-refractivity contribution in [1.29, 1.82) is 0 Å². The first-order valence-corrected chi connectivity index (χ1v) is 13.2. The fourth-order valence-corrected chi connectivity index (χ4v) is 9.05. The Labute approximate surface area is 194 Å². The van der Waals surface area contributed by atoms with Crippen molar-refractivity contribution in [2.24, 2.45) is 46.3 Å². The largest absolute Gasteiger partial charge is 0.393 e. The molecule has 0 aromatic carbocycles. The van der Waals surface area contributed by atoms with Gasteiger partial charge in [-0.15, -0.1) is 0 Å². The summed E-state index contributed by atoms with van der Waals surface area (Å²) in [5.74, 6) is 3.03. The van der Waals surface area contributed by atoms with Gasteiger partial charge in [-0.25, -0.2) is 0 Å². The molecule has 0 aliphatic heterocycles. The summed E-state index contributed by atoms with van der Waals surface area (Å²) in [6, 6.07) is 0. The quantitative estimate of drug-likeness (QED) is 0.572. The molecule has 0 heterocycles. The Hall–Kier alpha value is -0.940. The highest BCUT2D eigenvalue weighted by Crippen LogP contribution is 2.68. The third-order valence-electron chi connectivity index (χ3n) is 10.8. The van der Waals surface area contributed by atoms with Crippen molar-refractivity contribution >= 4 is 11.7 Å². The van der Waals surface area contributed by atoms with Crippen LogP contribution in [-0.4, -0.2) is 40.7 Å². The van der Waals surface area contributed by atoms with E-state index in [9.17, 15) is 19.8 Å². The Morgan fingerprint density at radius 2 is 1.69 bits per heavy atom. The summed E-state index contributed by atoms with van der Waals surface area (Å²) in [5, 5.41) is 24.3. The minimum atomic E-state index is -0.237. The number of hydrogen-bond acceptors (Lipinski definition) is 4. The van der Waals surface area contributed by atoms with Crippen LogP contribution >= 0.6 is 0 Å². The number of carbonyl (C=O) groups excluding carboxylic acids is 2. The summed E-state index contributed by atoms with van der Waals surface area (Å²) < 4.78 is 0. The fourth-order valence-electron chi connectivity index (χ4n) is 9.05. The molecular weight excluding hydrogens is 402 g/mol. The molecule has 5 nitrogen and oxygen atoms in total. The maximum absolute atomic E-state index is 12.1. The lowest BCUT2D eigenvalue weighted by Crippen LogP contribution is -2.58. The maximum Gasteiger partial charge on any atom is 0.220 e. The van der Waals surface area contributed by atoms with Crippen LogP contribution in [0.2, 0.25) is 0 Å². The molecule has 4 saturated carbocycles. The van der Waals surface area contributed by atoms with E-state index in [0.717, 1.165) is 32.1 Å². The van der Waals surface area contributed by atoms with Crippen LogP contribution in [0.15, 0.2) is 0 Å². The van der Waals surface area contributed by atoms with Crippen molar-refractivity contribution in [2.75, 3.05) is 6.54 Å². The highest BCUT2D eigenvalue weighted by molar-refractivity contribution is 5.84. The van der Waals surface area contributed by atoms with E-state index in [1.165, 1.54) is 32.6 Å². The van der Waals surface area contributed by atoms with E-state index >= 15 is 0 Å². The van der Waals surface area contributed by atoms with Gasteiger partial charge in [0.15, 0.2) is 0 Å². The average Bonchev–Trinajstić information content (AvgIpc) is 3.09. The van der Waals surface area contributed by atoms with Gasteiger partial charge in [0.2, 0.25) is 5.91 Å². The molecule has 4 fully saturated rings. The molecule has 0 spiro atoms. The van der Waals surface area contributed by atoms with Crippen molar-refractivity contribution in [2.45, 2.75) is 104 Å². The van der Waals surface area contributed by atoms with Crippen LogP contribution in [0.25, 0.3) is 0 Å². The second-order valence-electron chi connectivity index (χ2n) is 12.4. The molecule has 0 saturated heterocycles. The van der Waals surface area contributed by atoms with Gasteiger partial charge in [0.05, 0.1) is 18.8 Å². The zero-order chi connectivity index (χ0) is 23.3. The Bertz CT molecular complexity index is 724. The second kappa shape index (κ2) is 9.02. The Morgan fingerprint density at radius 3 is 2.41 bits per heavy atom. The minimum absolute atomic E-state index is 0.0104. The number of hydrogen-bond donors (Lipinski definition) is 3. The lowest BCUT2D eigenvalue weighted by atomic mass is 9.43. The number of carbonyl (C=O) groups is 2. The summed E-state index contributed by atoms with van der Waals surface area (Å²) in [4.78, 5) is 23.3. The molecule has 182 valence electrons. The number of aliphatic hydroxyl groups is 2. The molecule has 4 rings (SSSR count). The number of ketones is 1. The molecular formula is C27H45NO4. The van der Waals surface area contributed by atoms with Gasteiger partial charge in [-0.3, -0.25) is 9.59 Å². The van der Waals surface area contributed by atoms with E-state index in [4.69, 9.17) is 0 Å². The van der Waals surface area contributed by atoms with Gasteiger partial charge < -0.3 is 15.5 Å². The van der Waals surface area contributed by atoms with Crippen molar-refractivity contribution in [3.63, 3.8) is 0 Å². The van der Waals surface area contributed by atoms with E-state index < -0.39 is 0 Å². The molecule has 32 heavy (non-hydrogen) atoms. The van der Waals surface area contributed by atoms with Gasteiger partial charge in [-0.2, -0.15) is 0 Å². The van der Waals surface area contributed by atoms with Crippen molar-refractivity contribution in [3.8, 4) is 0 Å². The molecule has 4 aliphatic carbocycles. The summed E-state index contributed by atoms with van der Waals surface area (Å²) >= 11 is 0. The Kier molecular flexibility index (Phi) is 6.82. The lowest BCUT2D eigenvalue weighted by molar-refractivity contribution is -0.174. The zero-order valence-electron chi connectivity index (χ0n) is 20.6. The summed E-state index contributed by atoms with van der Waals surface area (Å²) in [7, 11) is 0. The minimum Gasteiger partial charge on any atom is -0.393 e. The van der Waals surface area contributed by atoms with Gasteiger partial charge in [-0.1, -0.05) is 20.8 Å². The van der Waals surface area contributed by atoms with Gasteiger partial charge in [0.1, 0.15) is 5.78 Å². The van der Waals surface area contributed by atoms with E-state index in [1.807, 2.05) is 0 Å². The van der Waals surface area contributed by atoms with Crippen LogP contribution in [0.3, 0.4) is 0 Å². The number of rotatable bonds is 6. The smallest absolute Gasteiger partial charge is 0.220 e. The molecule has 0 aromatic heterocycles. The zero-order valence-corrected chi connectivity index (χ0v) is 20.6. The van der Waals surface area contributed by atoms with Gasteiger partial charge >= 0.3 is 0 Å². The molecule has 10 atom stereocenters. The van der Waals surface area contributed by atoms with Gasteiger partial charge in [-0.05, 0) is 111 Å². The van der Waals surface area contributed by atoms with E-state index in [2.05, 4.69) is 26.1 Å². The Morgan fingerprint density at radius 1 is 1.00 bits per heavy atom. The van der Waals surface area contributed by atoms with Gasteiger partial charge in [0, 0.05) is 6.42 Å². The van der Waals surface area contributed by atoms with Crippen LogP contribution in [0.1, 0.15) is 91.9 Å². The second-order valence-corrected chi connectivity index (χ2v) is 12.4. The molecule has 0 bridgehead atoms. The van der Waals surface area contributed by atoms with E-state index in [1.54, 1.807) is 0 Å². The van der Waals surface area contributed by atoms with Crippen LogP contribution in [0.4, 0.5) is 0 Å². The molecule has 0 aromatic rings. The predicted octanol–water partition coefficient (Wildman–Crippen LogP) is 4.10. The summed E-state index contributed by atoms with van der Waals surface area (Å²) in [6.45, 7) is 8.87. The first-order chi connectivity index (χ1) is 15.1. The third kappa shape index (κ3) is 4.17. The summed E-state index contributed by atoms with van der Waals surface area (Å²) in [6.07, 6.45) is 9.49. The van der Waals surface area contributed by atoms with E-state index in [-0.39, 0.29) is 41.3 Å². The number of aliphatic hydroxyl groups excluding tert-OH is 2. The topological polar surface area (TPSA) is 86.6 Å². The van der Waals surface area contributed by atoms with Crippen LogP contribution in [-0.2, 0) is 9.59 Å². The number of nitrogens with one attached hydrogen (secondary N) is 1. The van der Waals surface area contributed by atoms with Crippen molar-refractivity contribution < 1.29 is 19.8 Å². The number of fused-ring (bicyclic) bond motifs is 5. The normalized spacial score (nSPS) is 46.5. The molecule has 4 unspecified atom stereocenters. The van der Waals surface area contributed by atoms with Crippen LogP contribution in [0.5, 0.6) is 0 Å². The molecule has 3 N–H and O–H groups in total. The standard InChI is InChI=1S/C27H45NO4/c1-16(5-8-24(32)28-15-17(2)29)20-6-7-21-25-22(10-12-27(20,21)4)26(3)11-9-19(30)13-18(26)14-23(25)31/h16,18-23,25,30-31H,5-15H2,1-4H3,(H,28,32)/t16-,18?,19-,20-,21?,22?,23+,25?,26+,27-/m1/s1. The van der Waals surface area contributed by atoms with Gasteiger partial charge in [0.25, 0.3) is 0 Å². The third-order valence-corrected chi connectivity index (χ3v) is 10.8. The monoisotopic (exact) mass is 447 g/mol. The molecule has 0 radical (unpaired) electrons. The molecule has 4 aliphatic rings. The number of amides is 1. The average molecular weight is 448 g/mol. The van der Waals surface area contributed by atoms with Crippen LogP contribution in [0, 0.1) is 46.3 Å². The molecule has 5 heteroatoms. The van der Waals surface area contributed by atoms with Crippen LogP contribution < -0.4 is 5.32 Å². The van der Waals surface area contributed by atoms with Crippen molar-refractivity contribution in [3.05, 3.63) is 0 Å². The number of Topliss-reactive ketones (excluding diaryl/α,β-unsaturated/α-hetero) is 1. The SMILES string of the molecule is CC(=O)CNC(=O)CC[C@@H](C)[C@H]1CCC2C3C(CC[C@@]21C)[C@@]1(C)CC[C@@H](O)CC1C[C@@H]3O. The predicted molar refractivity (Wildman–Crippen MR) is 125 cm³/mol. The maximum atomic E-state index is 12.1. The fraction of sp³-hybridized carbons (Fsp3) is 0.926. The summed E-state index contributed by atoms with van der Waals surface area (Å²) in [5.41, 5.74) is 0.512. The first-order valence-electron chi connectivity index (χ1n) is 13.2. The first kappa shape index (κ1) is 24.2. The molecule has 1 amide bonds. The highest BCUT2D eigenvalue weighted by atomic mass is 16.3. The van der Waals surface area contributed by atoms with Crippen molar-refractivity contribution in [1.82, 2.24) is 5.32 Å². The van der Waals surface area contributed by atoms with E-state index in [0.29, 0.717) is 41.9 Å². The Balaban J connectivity index is 1.44. The lowest BCUT2D eigenvalue weighted by Gasteiger charge is -2.62.